The number of aromatic amines is 1. The first-order valence-corrected chi connectivity index (χ1v) is 6.00. The molecule has 15 nitrogen and oxygen atoms in total. The summed E-state index contributed by atoms with van der Waals surface area (Å²) in [5, 5.41) is 44.0. The zero-order chi connectivity index (χ0) is 17.4. The van der Waals surface area contributed by atoms with Gasteiger partial charge in [-0.15, -0.1) is 0 Å². The van der Waals surface area contributed by atoms with Crippen molar-refractivity contribution in [3.63, 3.8) is 0 Å². The first-order chi connectivity index (χ1) is 11.4. The van der Waals surface area contributed by atoms with E-state index in [0.717, 1.165) is 24.8 Å². The summed E-state index contributed by atoms with van der Waals surface area (Å²) in [4.78, 5) is 32.6. The van der Waals surface area contributed by atoms with Crippen LogP contribution in [0.25, 0.3) is 22.5 Å². The first kappa shape index (κ1) is 14.8. The molecule has 0 aliphatic rings. The van der Waals surface area contributed by atoms with Crippen LogP contribution < -0.4 is 0 Å². The van der Waals surface area contributed by atoms with Crippen LogP contribution in [-0.4, -0.2) is 45.0 Å². The molecule has 3 heterocycles. The molecule has 0 aromatic carbocycles. The van der Waals surface area contributed by atoms with Crippen molar-refractivity contribution in [2.75, 3.05) is 0 Å². The zero-order valence-electron chi connectivity index (χ0n) is 11.3. The normalized spacial score (nSPS) is 10.7. The molecule has 1 N–H and O–H groups in total. The van der Waals surface area contributed by atoms with Gasteiger partial charge in [-0.1, -0.05) is 0 Å². The van der Waals surface area contributed by atoms with Crippen molar-refractivity contribution in [1.29, 1.82) is 0 Å². The van der Waals surface area contributed by atoms with Crippen LogP contribution in [0.1, 0.15) is 0 Å². The SMILES string of the molecule is O=[N+]([O-])c1c(-c2cnn([N+](=O)[O-])c2)n[nH]c1-c1cnn([N+](=O)[O-])c1. The summed E-state index contributed by atoms with van der Waals surface area (Å²) in [6, 6.07) is 0. The van der Waals surface area contributed by atoms with Gasteiger partial charge in [0.25, 0.3) is 0 Å². The molecule has 3 aromatic heterocycles. The van der Waals surface area contributed by atoms with Gasteiger partial charge in [-0.2, -0.15) is 5.10 Å². The Morgan fingerprint density at radius 1 is 0.917 bits per heavy atom. The van der Waals surface area contributed by atoms with Gasteiger partial charge in [0, 0.05) is 19.8 Å². The molecule has 15 heteroatoms. The minimum Gasteiger partial charge on any atom is -0.339 e. The van der Waals surface area contributed by atoms with Crippen LogP contribution in [0.2, 0.25) is 0 Å². The molecule has 0 aliphatic carbocycles. The molecule has 24 heavy (non-hydrogen) atoms. The van der Waals surface area contributed by atoms with Crippen LogP contribution in [0.4, 0.5) is 5.69 Å². The largest absolute Gasteiger partial charge is 0.339 e. The van der Waals surface area contributed by atoms with Crippen LogP contribution in [0.3, 0.4) is 0 Å². The van der Waals surface area contributed by atoms with E-state index in [-0.39, 0.29) is 22.5 Å². The van der Waals surface area contributed by atoms with Crippen molar-refractivity contribution in [2.24, 2.45) is 0 Å². The molecule has 3 aromatic rings. The third-order valence-corrected chi connectivity index (χ3v) is 2.96. The highest BCUT2D eigenvalue weighted by Gasteiger charge is 2.30. The van der Waals surface area contributed by atoms with Crippen LogP contribution in [0.15, 0.2) is 24.8 Å². The summed E-state index contributed by atoms with van der Waals surface area (Å²) in [6.45, 7) is 0. The van der Waals surface area contributed by atoms with Crippen LogP contribution in [0, 0.1) is 30.3 Å². The van der Waals surface area contributed by atoms with E-state index < -0.39 is 20.7 Å². The second kappa shape index (κ2) is 5.23. The van der Waals surface area contributed by atoms with Gasteiger partial charge in [0.1, 0.15) is 18.1 Å². The highest BCUT2D eigenvalue weighted by Crippen LogP contribution is 2.36. The summed E-state index contributed by atoms with van der Waals surface area (Å²) in [5.41, 5.74) is -0.754. The van der Waals surface area contributed by atoms with Gasteiger partial charge in [0.05, 0.1) is 26.1 Å². The van der Waals surface area contributed by atoms with E-state index in [0.29, 0.717) is 9.58 Å². The average molecular weight is 335 g/mol. The Morgan fingerprint density at radius 2 is 1.46 bits per heavy atom. The monoisotopic (exact) mass is 335 g/mol. The van der Waals surface area contributed by atoms with Crippen molar-refractivity contribution in [2.45, 2.75) is 0 Å². The molecule has 0 bridgehead atoms. The van der Waals surface area contributed by atoms with E-state index in [4.69, 9.17) is 0 Å². The maximum Gasteiger partial charge on any atom is 0.323 e. The summed E-state index contributed by atoms with van der Waals surface area (Å²) in [5.74, 6) is 0. The molecule has 0 atom stereocenters. The number of rotatable bonds is 5. The third-order valence-electron chi connectivity index (χ3n) is 2.96. The van der Waals surface area contributed by atoms with E-state index in [1.807, 2.05) is 0 Å². The molecule has 0 aliphatic heterocycles. The number of nitrogens with one attached hydrogen (secondary N) is 1. The van der Waals surface area contributed by atoms with Crippen LogP contribution in [0.5, 0.6) is 0 Å². The van der Waals surface area contributed by atoms with Crippen LogP contribution >= 0.6 is 0 Å². The maximum absolute atomic E-state index is 11.4. The molecule has 0 fully saturated rings. The molecular weight excluding hydrogens is 330 g/mol. The number of hydrogen-bond acceptors (Lipinski definition) is 9. The van der Waals surface area contributed by atoms with E-state index in [1.165, 1.54) is 0 Å². The summed E-state index contributed by atoms with van der Waals surface area (Å²) in [7, 11) is 0. The van der Waals surface area contributed by atoms with Gasteiger partial charge in [-0.05, 0) is 0 Å². The zero-order valence-corrected chi connectivity index (χ0v) is 11.3. The third kappa shape index (κ3) is 2.30. The molecule has 3 rings (SSSR count). The molecule has 122 valence electrons. The lowest BCUT2D eigenvalue weighted by Gasteiger charge is -1.93. The number of aromatic nitrogens is 6. The second-order valence-electron chi connectivity index (χ2n) is 4.33. The van der Waals surface area contributed by atoms with Gasteiger partial charge < -0.3 is 20.2 Å². The van der Waals surface area contributed by atoms with Crippen molar-refractivity contribution >= 4 is 5.69 Å². The minimum absolute atomic E-state index is 0.0302. The number of nitrogens with zero attached hydrogens (tertiary/aromatic N) is 8. The minimum atomic E-state index is -0.829. The summed E-state index contributed by atoms with van der Waals surface area (Å²) in [6.07, 6.45) is 4.00. The number of nitro groups is 3. The Bertz CT molecular complexity index is 898. The summed E-state index contributed by atoms with van der Waals surface area (Å²) >= 11 is 0. The Morgan fingerprint density at radius 3 is 1.96 bits per heavy atom. The summed E-state index contributed by atoms with van der Waals surface area (Å²) < 4.78 is 0. The van der Waals surface area contributed by atoms with E-state index >= 15 is 0 Å². The second-order valence-corrected chi connectivity index (χ2v) is 4.33. The number of H-pyrrole nitrogens is 1. The topological polar surface area (TPSA) is 194 Å². The fourth-order valence-electron chi connectivity index (χ4n) is 1.97. The van der Waals surface area contributed by atoms with E-state index in [9.17, 15) is 30.3 Å². The van der Waals surface area contributed by atoms with Crippen molar-refractivity contribution < 1.29 is 15.0 Å². The van der Waals surface area contributed by atoms with Gasteiger partial charge in [0.2, 0.25) is 0 Å². The van der Waals surface area contributed by atoms with E-state index in [1.54, 1.807) is 0 Å². The Labute approximate surface area is 129 Å². The fraction of sp³-hybridized carbons (Fsp3) is 0. The quantitative estimate of drug-likeness (QED) is 0.497. The molecule has 0 spiro atoms. The smallest absolute Gasteiger partial charge is 0.323 e. The molecular formula is C9H5N9O6. The Balaban J connectivity index is 2.12. The molecule has 0 saturated carbocycles. The molecule has 0 radical (unpaired) electrons. The van der Waals surface area contributed by atoms with Crippen LogP contribution in [-0.2, 0) is 0 Å². The van der Waals surface area contributed by atoms with Crippen molar-refractivity contribution in [3.8, 4) is 22.5 Å². The highest BCUT2D eigenvalue weighted by atomic mass is 16.7. The van der Waals surface area contributed by atoms with E-state index in [2.05, 4.69) is 20.4 Å². The molecule has 0 unspecified atom stereocenters. The lowest BCUT2D eigenvalue weighted by atomic mass is 10.1. The predicted molar refractivity (Wildman–Crippen MR) is 72.5 cm³/mol. The van der Waals surface area contributed by atoms with Crippen molar-refractivity contribution in [1.82, 2.24) is 30.0 Å². The highest BCUT2D eigenvalue weighted by molar-refractivity contribution is 5.80. The predicted octanol–water partition coefficient (Wildman–Crippen LogP) is 0.124. The standard InChI is InChI=1S/C9H5N9O6/c19-16(20)9-7(5-1-10-14(3-5)17(21)22)12-13-8(9)6-2-11-15(4-6)18(23)24/h1-4H,(H,12,13). The lowest BCUT2D eigenvalue weighted by molar-refractivity contribution is -0.552. The Hall–Kier alpha value is -4.17. The lowest BCUT2D eigenvalue weighted by Crippen LogP contribution is -2.07. The fourth-order valence-corrected chi connectivity index (χ4v) is 1.97. The van der Waals surface area contributed by atoms with Gasteiger partial charge in [-0.25, -0.2) is 0 Å². The Kier molecular flexibility index (Phi) is 3.22. The maximum atomic E-state index is 11.4. The average Bonchev–Trinajstić information content (AvgIpc) is 3.24. The van der Waals surface area contributed by atoms with Gasteiger partial charge in [-0.3, -0.25) is 15.2 Å². The van der Waals surface area contributed by atoms with Gasteiger partial charge in [0.15, 0.2) is 18.1 Å². The van der Waals surface area contributed by atoms with Gasteiger partial charge >= 0.3 is 5.69 Å². The molecule has 0 amide bonds. The molecule has 0 saturated heterocycles. The number of hydrogen-bond donors (Lipinski definition) is 1. The first-order valence-electron chi connectivity index (χ1n) is 6.00. The van der Waals surface area contributed by atoms with Crippen molar-refractivity contribution in [3.05, 3.63) is 55.1 Å².